The maximum absolute atomic E-state index is 11.6. The highest BCUT2D eigenvalue weighted by atomic mass is 32.2. The normalized spacial score (nSPS) is 16.8. The molecule has 8 nitrogen and oxygen atoms in total. The van der Waals surface area contributed by atoms with Gasteiger partial charge in [0.2, 0.25) is 10.0 Å². The molecule has 0 bridgehead atoms. The lowest BCUT2D eigenvalue weighted by atomic mass is 9.95. The van der Waals surface area contributed by atoms with Gasteiger partial charge < -0.3 is 9.99 Å². The molecule has 1 aliphatic rings. The van der Waals surface area contributed by atoms with E-state index in [0.717, 1.165) is 53.9 Å². The first kappa shape index (κ1) is 17.3. The first-order valence-electron chi connectivity index (χ1n) is 8.99. The third-order valence-corrected chi connectivity index (χ3v) is 5.86. The van der Waals surface area contributed by atoms with E-state index in [9.17, 15) is 8.42 Å². The molecule has 0 aliphatic carbocycles. The second-order valence-corrected chi connectivity index (χ2v) is 8.80. The summed E-state index contributed by atoms with van der Waals surface area (Å²) in [6.45, 7) is 4.27. The summed E-state index contributed by atoms with van der Waals surface area (Å²) >= 11 is 0. The molecule has 0 aromatic carbocycles. The predicted molar refractivity (Wildman–Crippen MR) is 102 cm³/mol. The van der Waals surface area contributed by atoms with Crippen LogP contribution in [0.3, 0.4) is 0 Å². The fourth-order valence-corrected chi connectivity index (χ4v) is 4.14. The van der Waals surface area contributed by atoms with Gasteiger partial charge in [-0.15, -0.1) is 0 Å². The van der Waals surface area contributed by atoms with Crippen molar-refractivity contribution in [3.63, 3.8) is 0 Å². The van der Waals surface area contributed by atoms with Gasteiger partial charge >= 0.3 is 0 Å². The number of rotatable bonds is 5. The van der Waals surface area contributed by atoms with Crippen molar-refractivity contribution >= 4 is 32.1 Å². The quantitative estimate of drug-likeness (QED) is 0.707. The minimum atomic E-state index is -3.30. The fraction of sp³-hybridized carbons (Fsp3) is 0.529. The fourth-order valence-electron chi connectivity index (χ4n) is 3.75. The highest BCUT2D eigenvalue weighted by molar-refractivity contribution is 7.88. The van der Waals surface area contributed by atoms with E-state index in [1.165, 1.54) is 12.7 Å². The summed E-state index contributed by atoms with van der Waals surface area (Å²) in [6.07, 6.45) is 8.25. The molecule has 1 saturated heterocycles. The molecule has 0 spiro atoms. The number of nitrogens with one attached hydrogen (secondary N) is 2. The second kappa shape index (κ2) is 6.55. The van der Waals surface area contributed by atoms with E-state index in [2.05, 4.69) is 36.3 Å². The van der Waals surface area contributed by atoms with Crippen molar-refractivity contribution in [2.75, 3.05) is 24.4 Å². The van der Waals surface area contributed by atoms with Crippen LogP contribution >= 0.6 is 0 Å². The van der Waals surface area contributed by atoms with Crippen LogP contribution in [0.2, 0.25) is 0 Å². The lowest BCUT2D eigenvalue weighted by molar-refractivity contribution is 0.355. The van der Waals surface area contributed by atoms with Crippen LogP contribution in [0.15, 0.2) is 18.5 Å². The molecule has 9 heteroatoms. The molecule has 4 rings (SSSR count). The Morgan fingerprint density at radius 2 is 2.12 bits per heavy atom. The number of hydrogen-bond donors (Lipinski definition) is 2. The number of fused-ring (bicyclic) bond motifs is 3. The molecule has 2 N–H and O–H groups in total. The first-order valence-corrected chi connectivity index (χ1v) is 10.9. The summed E-state index contributed by atoms with van der Waals surface area (Å²) in [5.74, 6) is 1.45. The van der Waals surface area contributed by atoms with E-state index in [1.807, 2.05) is 12.3 Å². The van der Waals surface area contributed by atoms with E-state index in [4.69, 9.17) is 0 Å². The number of H-pyrrole nitrogens is 1. The van der Waals surface area contributed by atoms with Gasteiger partial charge in [0.15, 0.2) is 0 Å². The maximum Gasteiger partial charge on any atom is 0.209 e. The monoisotopic (exact) mass is 376 g/mol. The number of piperidine rings is 1. The third kappa shape index (κ3) is 3.16. The van der Waals surface area contributed by atoms with Crippen molar-refractivity contribution in [1.29, 1.82) is 0 Å². The van der Waals surface area contributed by atoms with Crippen LogP contribution in [0.25, 0.3) is 22.1 Å². The molecule has 4 heterocycles. The Morgan fingerprint density at radius 1 is 1.35 bits per heavy atom. The van der Waals surface area contributed by atoms with Gasteiger partial charge in [-0.3, -0.25) is 0 Å². The lowest BCUT2D eigenvalue weighted by Crippen LogP contribution is -2.43. The van der Waals surface area contributed by atoms with Crippen LogP contribution in [0.1, 0.15) is 32.0 Å². The van der Waals surface area contributed by atoms with Crippen LogP contribution < -0.4 is 9.73 Å². The summed E-state index contributed by atoms with van der Waals surface area (Å²) in [4.78, 5) is 12.2. The van der Waals surface area contributed by atoms with Crippen LogP contribution in [0, 0.1) is 5.92 Å². The van der Waals surface area contributed by atoms with Gasteiger partial charge in [0, 0.05) is 24.7 Å². The van der Waals surface area contributed by atoms with Crippen molar-refractivity contribution in [2.24, 2.45) is 5.92 Å². The average Bonchev–Trinajstić information content (AvgIpc) is 3.23. The molecular formula is C17H24N6O2S. The zero-order valence-corrected chi connectivity index (χ0v) is 15.9. The van der Waals surface area contributed by atoms with Gasteiger partial charge in [0.25, 0.3) is 0 Å². The average molecular weight is 376 g/mol. The number of pyridine rings is 1. The van der Waals surface area contributed by atoms with Crippen LogP contribution in [0.4, 0.5) is 0 Å². The topological polar surface area (TPSA) is 95.9 Å². The molecule has 0 radical (unpaired) electrons. The Balaban J connectivity index is 1.81. The van der Waals surface area contributed by atoms with E-state index < -0.39 is 10.0 Å². The first-order chi connectivity index (χ1) is 12.5. The number of aromatic nitrogens is 4. The molecule has 3 aromatic rings. The third-order valence-electron chi connectivity index (χ3n) is 5.19. The molecule has 140 valence electrons. The summed E-state index contributed by atoms with van der Waals surface area (Å²) in [5.41, 5.74) is 2.57. The lowest BCUT2D eigenvalue weighted by Gasteiger charge is -2.35. The number of aromatic amines is 1. The van der Waals surface area contributed by atoms with Gasteiger partial charge in [0.05, 0.1) is 19.0 Å². The van der Waals surface area contributed by atoms with E-state index in [1.54, 1.807) is 6.20 Å². The zero-order valence-electron chi connectivity index (χ0n) is 15.1. The molecule has 1 fully saturated rings. The van der Waals surface area contributed by atoms with E-state index in [-0.39, 0.29) is 6.54 Å². The summed E-state index contributed by atoms with van der Waals surface area (Å²) in [5, 5.41) is 3.28. The van der Waals surface area contributed by atoms with E-state index in [0.29, 0.717) is 5.82 Å². The van der Waals surface area contributed by atoms with Gasteiger partial charge in [-0.2, -0.15) is 0 Å². The molecular weight excluding hydrogens is 352 g/mol. The largest absolute Gasteiger partial charge is 0.346 e. The van der Waals surface area contributed by atoms with Crippen LogP contribution in [-0.2, 0) is 16.6 Å². The van der Waals surface area contributed by atoms with Crippen molar-refractivity contribution in [1.82, 2.24) is 24.4 Å². The number of hydrogen-bond acceptors (Lipinski definition) is 5. The number of sulfonamides is 1. The van der Waals surface area contributed by atoms with Crippen LogP contribution in [-0.4, -0.2) is 47.4 Å². The highest BCUT2D eigenvalue weighted by Crippen LogP contribution is 2.27. The smallest absolute Gasteiger partial charge is 0.209 e. The minimum absolute atomic E-state index is 0.160. The zero-order chi connectivity index (χ0) is 18.3. The second-order valence-electron chi connectivity index (χ2n) is 6.97. The molecule has 1 aliphatic heterocycles. The highest BCUT2D eigenvalue weighted by Gasteiger charge is 2.24. The summed E-state index contributed by atoms with van der Waals surface area (Å²) < 4.78 is 27.8. The maximum atomic E-state index is 11.6. The Hall–Kier alpha value is -2.13. The molecule has 26 heavy (non-hydrogen) atoms. The summed E-state index contributed by atoms with van der Waals surface area (Å²) in [7, 11) is -3.30. The van der Waals surface area contributed by atoms with Crippen LogP contribution in [0.5, 0.6) is 0 Å². The predicted octanol–water partition coefficient (Wildman–Crippen LogP) is 1.72. The Morgan fingerprint density at radius 3 is 2.81 bits per heavy atom. The SMILES string of the molecule is CCC1CCN(n2c(CNS(C)(=O)=O)nc3cnc4[nH]ccc4c32)CC1. The van der Waals surface area contributed by atoms with Gasteiger partial charge in [-0.05, 0) is 24.8 Å². The molecule has 0 unspecified atom stereocenters. The molecule has 0 atom stereocenters. The Bertz CT molecular complexity index is 1030. The van der Waals surface area contributed by atoms with Crippen molar-refractivity contribution in [3.05, 3.63) is 24.3 Å². The Labute approximate surface area is 152 Å². The summed E-state index contributed by atoms with van der Waals surface area (Å²) in [6, 6.07) is 2.00. The van der Waals surface area contributed by atoms with Gasteiger partial charge in [-0.1, -0.05) is 13.3 Å². The van der Waals surface area contributed by atoms with Crippen molar-refractivity contribution in [2.45, 2.75) is 32.7 Å². The van der Waals surface area contributed by atoms with Gasteiger partial charge in [0.1, 0.15) is 22.5 Å². The van der Waals surface area contributed by atoms with E-state index >= 15 is 0 Å². The van der Waals surface area contributed by atoms with Gasteiger partial charge in [-0.25, -0.2) is 27.8 Å². The number of imidazole rings is 1. The minimum Gasteiger partial charge on any atom is -0.346 e. The molecule has 0 amide bonds. The Kier molecular flexibility index (Phi) is 4.36. The van der Waals surface area contributed by atoms with Crippen molar-refractivity contribution in [3.8, 4) is 0 Å². The molecule has 3 aromatic heterocycles. The molecule has 0 saturated carbocycles. The standard InChI is InChI=1S/C17H24N6O2S/c1-3-12-5-8-22(9-6-12)23-15(11-20-26(2,24)25)21-14-10-19-17-13(16(14)23)4-7-18-17/h4,7,10,12,20H,3,5-6,8-9,11H2,1-2H3,(H,18,19). The van der Waals surface area contributed by atoms with Crippen molar-refractivity contribution < 1.29 is 8.42 Å². The number of nitrogens with zero attached hydrogens (tertiary/aromatic N) is 4.